The second-order valence-corrected chi connectivity index (χ2v) is 6.59. The third-order valence-corrected chi connectivity index (χ3v) is 4.35. The third kappa shape index (κ3) is 7.35. The highest BCUT2D eigenvalue weighted by Gasteiger charge is 2.11. The molecule has 0 bridgehead atoms. The Morgan fingerprint density at radius 3 is 2.65 bits per heavy atom. The molecule has 0 unspecified atom stereocenters. The maximum absolute atomic E-state index is 8.93. The van der Waals surface area contributed by atoms with Crippen LogP contribution in [0.15, 0.2) is 41.4 Å². The van der Waals surface area contributed by atoms with Gasteiger partial charge in [0.2, 0.25) is 0 Å². The van der Waals surface area contributed by atoms with Gasteiger partial charge in [-0.25, -0.2) is 4.99 Å². The summed E-state index contributed by atoms with van der Waals surface area (Å²) in [5.41, 5.74) is 1.84. The van der Waals surface area contributed by atoms with Crippen molar-refractivity contribution in [3.05, 3.63) is 42.0 Å². The molecule has 0 aliphatic carbocycles. The van der Waals surface area contributed by atoms with E-state index in [1.54, 1.807) is 7.11 Å². The van der Waals surface area contributed by atoms with Crippen LogP contribution in [0, 0.1) is 0 Å². The molecule has 2 aromatic carbocycles. The number of hydrogen-bond acceptors (Lipinski definition) is 6. The minimum atomic E-state index is -0.0488. The smallest absolute Gasteiger partial charge is 0.196 e. The van der Waals surface area contributed by atoms with Gasteiger partial charge in [-0.3, -0.25) is 0 Å². The first-order valence-corrected chi connectivity index (χ1v) is 10.1. The van der Waals surface area contributed by atoms with E-state index in [1.807, 2.05) is 43.3 Å². The number of halogens is 1. The Morgan fingerprint density at radius 1 is 1.10 bits per heavy atom. The minimum Gasteiger partial charge on any atom is -0.493 e. The van der Waals surface area contributed by atoms with Crippen LogP contribution in [0.2, 0.25) is 0 Å². The molecule has 0 fully saturated rings. The van der Waals surface area contributed by atoms with Crippen LogP contribution in [0.25, 0.3) is 0 Å². The molecule has 0 radical (unpaired) electrons. The number of benzene rings is 2. The highest BCUT2D eigenvalue weighted by Crippen LogP contribution is 2.32. The van der Waals surface area contributed by atoms with Crippen molar-refractivity contribution in [3.63, 3.8) is 0 Å². The summed E-state index contributed by atoms with van der Waals surface area (Å²) in [5, 5.41) is 15.5. The first-order valence-electron chi connectivity index (χ1n) is 10.1. The molecular weight excluding hydrogens is 513 g/mol. The number of anilines is 1. The lowest BCUT2D eigenvalue weighted by molar-refractivity contribution is 0.196. The fraction of sp³-hybridized carbons (Fsp3) is 0.409. The standard InChI is InChI=1S/C22H29N3O5.HI/c1-3-23-22(25-17-6-8-19-21(14-17)29-11-4-10-28-19)24-15-16-5-7-18(30-12-9-26)20(13-16)27-2;/h5-8,13-14,26H,3-4,9-12,15H2,1-2H3,(H2,23,24,25);1H. The Morgan fingerprint density at radius 2 is 1.90 bits per heavy atom. The topological polar surface area (TPSA) is 93.6 Å². The zero-order chi connectivity index (χ0) is 21.2. The van der Waals surface area contributed by atoms with Gasteiger partial charge in [0.1, 0.15) is 6.61 Å². The van der Waals surface area contributed by atoms with Gasteiger partial charge in [0, 0.05) is 24.7 Å². The van der Waals surface area contributed by atoms with Gasteiger partial charge in [-0.05, 0) is 36.8 Å². The molecule has 31 heavy (non-hydrogen) atoms. The van der Waals surface area contributed by atoms with E-state index in [9.17, 15) is 0 Å². The van der Waals surface area contributed by atoms with Crippen molar-refractivity contribution in [2.45, 2.75) is 19.9 Å². The van der Waals surface area contributed by atoms with E-state index < -0.39 is 0 Å². The quantitative estimate of drug-likeness (QED) is 0.267. The van der Waals surface area contributed by atoms with Crippen molar-refractivity contribution in [1.29, 1.82) is 0 Å². The summed E-state index contributed by atoms with van der Waals surface area (Å²) < 4.78 is 22.3. The van der Waals surface area contributed by atoms with Crippen LogP contribution >= 0.6 is 24.0 Å². The van der Waals surface area contributed by atoms with Crippen LogP contribution < -0.4 is 29.6 Å². The zero-order valence-corrected chi connectivity index (χ0v) is 20.2. The van der Waals surface area contributed by atoms with Gasteiger partial charge in [-0.2, -0.15) is 0 Å². The largest absolute Gasteiger partial charge is 0.493 e. The summed E-state index contributed by atoms with van der Waals surface area (Å²) in [5.74, 6) is 3.35. The van der Waals surface area contributed by atoms with Gasteiger partial charge >= 0.3 is 0 Å². The molecule has 9 heteroatoms. The van der Waals surface area contributed by atoms with Crippen LogP contribution in [0.4, 0.5) is 5.69 Å². The molecule has 0 atom stereocenters. The van der Waals surface area contributed by atoms with E-state index >= 15 is 0 Å². The summed E-state index contributed by atoms with van der Waals surface area (Å²) in [6, 6.07) is 11.4. The number of guanidine groups is 1. The monoisotopic (exact) mass is 543 g/mol. The molecule has 170 valence electrons. The molecule has 1 aliphatic heterocycles. The third-order valence-electron chi connectivity index (χ3n) is 4.35. The number of nitrogens with zero attached hydrogens (tertiary/aromatic N) is 1. The summed E-state index contributed by atoms with van der Waals surface area (Å²) >= 11 is 0. The number of fused-ring (bicyclic) bond motifs is 1. The minimum absolute atomic E-state index is 0. The van der Waals surface area contributed by atoms with Gasteiger partial charge in [0.15, 0.2) is 29.0 Å². The van der Waals surface area contributed by atoms with E-state index in [4.69, 9.17) is 24.1 Å². The second kappa shape index (κ2) is 13.1. The summed E-state index contributed by atoms with van der Waals surface area (Å²) in [6.45, 7) is 4.68. The van der Waals surface area contributed by atoms with Crippen molar-refractivity contribution >= 4 is 35.6 Å². The number of ether oxygens (including phenoxy) is 4. The lowest BCUT2D eigenvalue weighted by atomic mass is 10.2. The molecule has 2 aromatic rings. The number of rotatable bonds is 8. The molecule has 3 N–H and O–H groups in total. The number of aliphatic hydroxyl groups is 1. The fourth-order valence-electron chi connectivity index (χ4n) is 2.94. The first-order chi connectivity index (χ1) is 14.7. The van der Waals surface area contributed by atoms with Crippen molar-refractivity contribution in [2.75, 3.05) is 45.4 Å². The van der Waals surface area contributed by atoms with Crippen LogP contribution in [0.1, 0.15) is 18.9 Å². The van der Waals surface area contributed by atoms with Gasteiger partial charge in [-0.1, -0.05) is 6.07 Å². The van der Waals surface area contributed by atoms with E-state index in [0.29, 0.717) is 37.2 Å². The van der Waals surface area contributed by atoms with Crippen LogP contribution in [-0.4, -0.2) is 51.1 Å². The average Bonchev–Trinajstić information content (AvgIpc) is 3.01. The predicted molar refractivity (Wildman–Crippen MR) is 131 cm³/mol. The Bertz CT molecular complexity index is 863. The lowest BCUT2D eigenvalue weighted by Gasteiger charge is -2.14. The Kier molecular flexibility index (Phi) is 10.5. The van der Waals surface area contributed by atoms with Gasteiger partial charge in [0.25, 0.3) is 0 Å². The number of nitrogens with one attached hydrogen (secondary N) is 2. The van der Waals surface area contributed by atoms with Crippen LogP contribution in [0.5, 0.6) is 23.0 Å². The molecule has 8 nitrogen and oxygen atoms in total. The fourth-order valence-corrected chi connectivity index (χ4v) is 2.94. The molecule has 0 amide bonds. The second-order valence-electron chi connectivity index (χ2n) is 6.59. The molecule has 0 saturated carbocycles. The van der Waals surface area contributed by atoms with Crippen LogP contribution in [0.3, 0.4) is 0 Å². The first kappa shape index (κ1) is 24.9. The van der Waals surface area contributed by atoms with Crippen molar-refractivity contribution in [1.82, 2.24) is 5.32 Å². The SMILES string of the molecule is CCNC(=NCc1ccc(OCCO)c(OC)c1)Nc1ccc2c(c1)OCCCO2.I. The van der Waals surface area contributed by atoms with E-state index in [-0.39, 0.29) is 37.2 Å². The normalized spacial score (nSPS) is 12.9. The van der Waals surface area contributed by atoms with Crippen molar-refractivity contribution in [3.8, 4) is 23.0 Å². The maximum Gasteiger partial charge on any atom is 0.196 e. The summed E-state index contributed by atoms with van der Waals surface area (Å²) in [4.78, 5) is 4.66. The number of methoxy groups -OCH3 is 1. The molecule has 0 saturated heterocycles. The number of aliphatic hydroxyl groups excluding tert-OH is 1. The Balaban J connectivity index is 0.00000341. The number of aliphatic imine (C=N–C) groups is 1. The molecule has 1 aliphatic rings. The van der Waals surface area contributed by atoms with Crippen molar-refractivity contribution < 1.29 is 24.1 Å². The highest BCUT2D eigenvalue weighted by atomic mass is 127. The summed E-state index contributed by atoms with van der Waals surface area (Å²) in [6.07, 6.45) is 0.870. The zero-order valence-electron chi connectivity index (χ0n) is 17.8. The van der Waals surface area contributed by atoms with E-state index in [0.717, 1.165) is 35.7 Å². The molecular formula is C22H30IN3O5. The predicted octanol–water partition coefficient (Wildman–Crippen LogP) is 3.42. The Labute approximate surface area is 200 Å². The highest BCUT2D eigenvalue weighted by molar-refractivity contribution is 14.0. The van der Waals surface area contributed by atoms with Gasteiger partial charge < -0.3 is 34.7 Å². The molecule has 3 rings (SSSR count). The van der Waals surface area contributed by atoms with Crippen molar-refractivity contribution in [2.24, 2.45) is 4.99 Å². The Hall–Kier alpha value is -2.40. The molecule has 0 aromatic heterocycles. The van der Waals surface area contributed by atoms with E-state index in [2.05, 4.69) is 15.6 Å². The summed E-state index contributed by atoms with van der Waals surface area (Å²) in [7, 11) is 1.59. The number of hydrogen-bond donors (Lipinski definition) is 3. The molecule has 0 spiro atoms. The molecule has 1 heterocycles. The van der Waals surface area contributed by atoms with Gasteiger partial charge in [-0.15, -0.1) is 24.0 Å². The van der Waals surface area contributed by atoms with Gasteiger partial charge in [0.05, 0.1) is 33.5 Å². The average molecular weight is 543 g/mol. The lowest BCUT2D eigenvalue weighted by Crippen LogP contribution is -2.30. The van der Waals surface area contributed by atoms with E-state index in [1.165, 1.54) is 0 Å². The van der Waals surface area contributed by atoms with Crippen LogP contribution in [-0.2, 0) is 6.54 Å². The maximum atomic E-state index is 8.93.